The van der Waals surface area contributed by atoms with E-state index in [4.69, 9.17) is 4.74 Å². The minimum Gasteiger partial charge on any atom is -0.450 e. The van der Waals surface area contributed by atoms with Crippen LogP contribution in [0.4, 0.5) is 4.79 Å². The van der Waals surface area contributed by atoms with Crippen LogP contribution in [0, 0.1) is 0 Å². The fourth-order valence-corrected chi connectivity index (χ4v) is 0.987. The third-order valence-electron chi connectivity index (χ3n) is 1.85. The van der Waals surface area contributed by atoms with Gasteiger partial charge in [0.1, 0.15) is 0 Å². The van der Waals surface area contributed by atoms with E-state index in [1.807, 2.05) is 7.05 Å². The van der Waals surface area contributed by atoms with Gasteiger partial charge >= 0.3 is 6.09 Å². The summed E-state index contributed by atoms with van der Waals surface area (Å²) in [5.74, 6) is 0. The molecule has 0 unspecified atom stereocenters. The second-order valence-corrected chi connectivity index (χ2v) is 3.23. The number of rotatable bonds is 8. The standard InChI is InChI=1S/C10H22N2O2/c1-3-4-8-12-10(13)14-9-6-5-7-11-2/h11H,3-9H2,1-2H3,(H,12,13). The van der Waals surface area contributed by atoms with E-state index in [-0.39, 0.29) is 6.09 Å². The number of hydrogen-bond acceptors (Lipinski definition) is 3. The number of alkyl carbamates (subject to hydrolysis) is 1. The zero-order chi connectivity index (χ0) is 10.6. The Labute approximate surface area is 86.4 Å². The average Bonchev–Trinajstić information content (AvgIpc) is 2.18. The van der Waals surface area contributed by atoms with E-state index in [0.29, 0.717) is 13.2 Å². The van der Waals surface area contributed by atoms with Crippen LogP contribution in [0.1, 0.15) is 32.6 Å². The predicted molar refractivity (Wildman–Crippen MR) is 57.4 cm³/mol. The molecule has 0 heterocycles. The zero-order valence-corrected chi connectivity index (χ0v) is 9.27. The van der Waals surface area contributed by atoms with Crippen molar-refractivity contribution >= 4 is 6.09 Å². The molecule has 0 aromatic rings. The van der Waals surface area contributed by atoms with Gasteiger partial charge in [-0.3, -0.25) is 0 Å². The molecule has 0 aliphatic carbocycles. The number of hydrogen-bond donors (Lipinski definition) is 2. The maximum atomic E-state index is 11.0. The van der Waals surface area contributed by atoms with Crippen LogP contribution in [-0.2, 0) is 4.74 Å². The Balaban J connectivity index is 3.10. The fraction of sp³-hybridized carbons (Fsp3) is 0.900. The Morgan fingerprint density at radius 3 is 2.64 bits per heavy atom. The van der Waals surface area contributed by atoms with Gasteiger partial charge in [0.25, 0.3) is 0 Å². The number of amides is 1. The maximum Gasteiger partial charge on any atom is 0.407 e. The lowest BCUT2D eigenvalue weighted by Crippen LogP contribution is -2.25. The van der Waals surface area contributed by atoms with E-state index in [1.165, 1.54) is 0 Å². The molecular formula is C10H22N2O2. The Hall–Kier alpha value is -0.770. The van der Waals surface area contributed by atoms with Gasteiger partial charge in [0, 0.05) is 6.54 Å². The summed E-state index contributed by atoms with van der Waals surface area (Å²) in [6.45, 7) is 4.29. The highest BCUT2D eigenvalue weighted by atomic mass is 16.5. The van der Waals surface area contributed by atoms with Gasteiger partial charge in [0.2, 0.25) is 0 Å². The SMILES string of the molecule is CCCCNC(=O)OCCCCNC. The molecule has 4 nitrogen and oxygen atoms in total. The second-order valence-electron chi connectivity index (χ2n) is 3.23. The number of nitrogens with one attached hydrogen (secondary N) is 2. The molecule has 0 saturated heterocycles. The maximum absolute atomic E-state index is 11.0. The summed E-state index contributed by atoms with van der Waals surface area (Å²) in [7, 11) is 1.91. The molecule has 0 aromatic heterocycles. The van der Waals surface area contributed by atoms with E-state index in [2.05, 4.69) is 17.6 Å². The quantitative estimate of drug-likeness (QED) is 0.587. The first-order valence-electron chi connectivity index (χ1n) is 5.36. The van der Waals surface area contributed by atoms with Gasteiger partial charge in [0.15, 0.2) is 0 Å². The molecule has 0 aromatic carbocycles. The lowest BCUT2D eigenvalue weighted by atomic mass is 10.3. The third kappa shape index (κ3) is 9.32. The van der Waals surface area contributed by atoms with Crippen molar-refractivity contribution in [1.29, 1.82) is 0 Å². The molecule has 84 valence electrons. The van der Waals surface area contributed by atoms with Gasteiger partial charge < -0.3 is 15.4 Å². The smallest absolute Gasteiger partial charge is 0.407 e. The number of carbonyl (C=O) groups is 1. The third-order valence-corrected chi connectivity index (χ3v) is 1.85. The van der Waals surface area contributed by atoms with Crippen molar-refractivity contribution in [2.75, 3.05) is 26.7 Å². The lowest BCUT2D eigenvalue weighted by molar-refractivity contribution is 0.144. The van der Waals surface area contributed by atoms with Gasteiger partial charge in [-0.05, 0) is 32.9 Å². The van der Waals surface area contributed by atoms with Gasteiger partial charge in [-0.15, -0.1) is 0 Å². The van der Waals surface area contributed by atoms with Crippen LogP contribution >= 0.6 is 0 Å². The van der Waals surface area contributed by atoms with Crippen molar-refractivity contribution in [1.82, 2.24) is 10.6 Å². The van der Waals surface area contributed by atoms with Crippen LogP contribution in [0.5, 0.6) is 0 Å². The summed E-state index contributed by atoms with van der Waals surface area (Å²) in [6, 6.07) is 0. The van der Waals surface area contributed by atoms with E-state index in [9.17, 15) is 4.79 Å². The molecule has 0 bridgehead atoms. The van der Waals surface area contributed by atoms with Gasteiger partial charge in [-0.2, -0.15) is 0 Å². The lowest BCUT2D eigenvalue weighted by Gasteiger charge is -2.05. The largest absolute Gasteiger partial charge is 0.450 e. The Bertz CT molecular complexity index is 140. The van der Waals surface area contributed by atoms with Crippen molar-refractivity contribution < 1.29 is 9.53 Å². The van der Waals surface area contributed by atoms with Gasteiger partial charge in [0.05, 0.1) is 6.61 Å². The predicted octanol–water partition coefficient (Wildman–Crippen LogP) is 1.51. The van der Waals surface area contributed by atoms with E-state index in [1.54, 1.807) is 0 Å². The minimum atomic E-state index is -0.289. The molecule has 0 rings (SSSR count). The normalized spacial score (nSPS) is 9.86. The van der Waals surface area contributed by atoms with Crippen LogP contribution in [0.3, 0.4) is 0 Å². The van der Waals surface area contributed by atoms with Crippen LogP contribution in [0.2, 0.25) is 0 Å². The number of ether oxygens (including phenoxy) is 1. The molecule has 0 radical (unpaired) electrons. The van der Waals surface area contributed by atoms with E-state index < -0.39 is 0 Å². The van der Waals surface area contributed by atoms with Crippen LogP contribution in [0.25, 0.3) is 0 Å². The first-order valence-corrected chi connectivity index (χ1v) is 5.36. The molecule has 1 amide bonds. The second kappa shape index (κ2) is 10.3. The molecule has 0 saturated carbocycles. The number of carbonyl (C=O) groups excluding carboxylic acids is 1. The summed E-state index contributed by atoms with van der Waals surface area (Å²) in [6.07, 6.45) is 3.76. The van der Waals surface area contributed by atoms with Crippen molar-refractivity contribution in [2.45, 2.75) is 32.6 Å². The summed E-state index contributed by atoms with van der Waals surface area (Å²) < 4.78 is 4.96. The van der Waals surface area contributed by atoms with Crippen molar-refractivity contribution in [3.05, 3.63) is 0 Å². The number of unbranched alkanes of at least 4 members (excludes halogenated alkanes) is 2. The van der Waals surface area contributed by atoms with Crippen LogP contribution in [0.15, 0.2) is 0 Å². The highest BCUT2D eigenvalue weighted by molar-refractivity contribution is 5.66. The topological polar surface area (TPSA) is 50.4 Å². The minimum absolute atomic E-state index is 0.289. The monoisotopic (exact) mass is 202 g/mol. The molecule has 0 aliphatic rings. The molecule has 0 spiro atoms. The Morgan fingerprint density at radius 1 is 1.21 bits per heavy atom. The molecule has 4 heteroatoms. The van der Waals surface area contributed by atoms with Crippen LogP contribution in [-0.4, -0.2) is 32.8 Å². The molecule has 14 heavy (non-hydrogen) atoms. The summed E-state index contributed by atoms with van der Waals surface area (Å²) in [5, 5.41) is 5.74. The average molecular weight is 202 g/mol. The first-order chi connectivity index (χ1) is 6.81. The molecule has 0 fully saturated rings. The van der Waals surface area contributed by atoms with Crippen molar-refractivity contribution in [3.8, 4) is 0 Å². The zero-order valence-electron chi connectivity index (χ0n) is 9.27. The van der Waals surface area contributed by atoms with Crippen molar-refractivity contribution in [3.63, 3.8) is 0 Å². The Morgan fingerprint density at radius 2 is 2.00 bits per heavy atom. The summed E-state index contributed by atoms with van der Waals surface area (Å²) >= 11 is 0. The molecule has 2 N–H and O–H groups in total. The highest BCUT2D eigenvalue weighted by Crippen LogP contribution is 1.89. The van der Waals surface area contributed by atoms with E-state index in [0.717, 1.165) is 32.2 Å². The van der Waals surface area contributed by atoms with Gasteiger partial charge in [-0.25, -0.2) is 4.79 Å². The van der Waals surface area contributed by atoms with Crippen LogP contribution < -0.4 is 10.6 Å². The summed E-state index contributed by atoms with van der Waals surface area (Å²) in [4.78, 5) is 11.0. The molecule has 0 aliphatic heterocycles. The molecular weight excluding hydrogens is 180 g/mol. The van der Waals surface area contributed by atoms with E-state index >= 15 is 0 Å². The van der Waals surface area contributed by atoms with Crippen molar-refractivity contribution in [2.24, 2.45) is 0 Å². The summed E-state index contributed by atoms with van der Waals surface area (Å²) in [5.41, 5.74) is 0. The molecule has 0 atom stereocenters. The highest BCUT2D eigenvalue weighted by Gasteiger charge is 1.98. The fourth-order valence-electron chi connectivity index (χ4n) is 0.987. The van der Waals surface area contributed by atoms with Gasteiger partial charge in [-0.1, -0.05) is 13.3 Å². The Kier molecular flexibility index (Phi) is 9.74. The first kappa shape index (κ1) is 13.2.